The molecule has 0 amide bonds. The van der Waals surface area contributed by atoms with Crippen LogP contribution in [0.4, 0.5) is 0 Å². The maximum atomic E-state index is 14.1. The third-order valence-electron chi connectivity index (χ3n) is 6.42. The molecule has 1 aliphatic heterocycles. The van der Waals surface area contributed by atoms with Crippen molar-refractivity contribution < 1.29 is 19.0 Å². The number of rotatable bonds is 6. The van der Waals surface area contributed by atoms with Crippen molar-refractivity contribution in [3.8, 4) is 11.5 Å². The van der Waals surface area contributed by atoms with Crippen molar-refractivity contribution in [2.24, 2.45) is 4.99 Å². The van der Waals surface area contributed by atoms with Gasteiger partial charge in [0.2, 0.25) is 0 Å². The molecule has 9 heteroatoms. The number of hydrogen-bond donors (Lipinski definition) is 0. The number of esters is 1. The van der Waals surface area contributed by atoms with Gasteiger partial charge in [-0.15, -0.1) is 0 Å². The number of thiazole rings is 1. The van der Waals surface area contributed by atoms with Crippen LogP contribution < -0.4 is 24.4 Å². The number of methoxy groups -OCH3 is 2. The zero-order valence-electron chi connectivity index (χ0n) is 21.3. The first-order chi connectivity index (χ1) is 18.4. The van der Waals surface area contributed by atoms with Crippen LogP contribution in [0.25, 0.3) is 16.8 Å². The normalized spacial score (nSPS) is 15.3. The Morgan fingerprint density at radius 1 is 1.11 bits per heavy atom. The van der Waals surface area contributed by atoms with E-state index in [1.807, 2.05) is 54.6 Å². The summed E-state index contributed by atoms with van der Waals surface area (Å²) in [4.78, 5) is 32.6. The van der Waals surface area contributed by atoms with Crippen LogP contribution in [0.2, 0.25) is 0 Å². The molecule has 0 N–H and O–H groups in total. The molecule has 0 saturated heterocycles. The molecular formula is C29H25BrN2O5S. The number of hydrogen-bond acceptors (Lipinski definition) is 7. The quantitative estimate of drug-likeness (QED) is 0.302. The minimum Gasteiger partial charge on any atom is -0.496 e. The predicted molar refractivity (Wildman–Crippen MR) is 152 cm³/mol. The van der Waals surface area contributed by atoms with Crippen molar-refractivity contribution in [3.63, 3.8) is 0 Å². The molecule has 3 aromatic carbocycles. The molecule has 0 saturated carbocycles. The van der Waals surface area contributed by atoms with Crippen molar-refractivity contribution in [1.82, 2.24) is 4.57 Å². The van der Waals surface area contributed by atoms with Gasteiger partial charge in [-0.25, -0.2) is 9.79 Å². The van der Waals surface area contributed by atoms with Crippen molar-refractivity contribution in [2.45, 2.75) is 19.9 Å². The summed E-state index contributed by atoms with van der Waals surface area (Å²) in [5, 5.41) is 1.83. The Kier molecular flexibility index (Phi) is 7.23. The summed E-state index contributed by atoms with van der Waals surface area (Å²) >= 11 is 4.75. The maximum Gasteiger partial charge on any atom is 0.338 e. The van der Waals surface area contributed by atoms with Gasteiger partial charge in [0.05, 0.1) is 36.6 Å². The molecule has 5 rings (SSSR count). The molecule has 4 aromatic rings. The number of nitrogens with zero attached hydrogens (tertiary/aromatic N) is 2. The SMILES string of the molecule is CCOC(=O)C1=C(C)N=c2s/c(=C\c3cc(Br)ccc3OC)c(=O)n2C1c1c(OC)ccc2ccccc12. The van der Waals surface area contributed by atoms with E-state index >= 15 is 0 Å². The highest BCUT2D eigenvalue weighted by Crippen LogP contribution is 2.40. The van der Waals surface area contributed by atoms with E-state index in [1.54, 1.807) is 38.7 Å². The van der Waals surface area contributed by atoms with Gasteiger partial charge in [-0.3, -0.25) is 9.36 Å². The van der Waals surface area contributed by atoms with Crippen LogP contribution in [-0.2, 0) is 9.53 Å². The summed E-state index contributed by atoms with van der Waals surface area (Å²) in [5.41, 5.74) is 1.98. The van der Waals surface area contributed by atoms with Crippen molar-refractivity contribution in [1.29, 1.82) is 0 Å². The largest absolute Gasteiger partial charge is 0.496 e. The summed E-state index contributed by atoms with van der Waals surface area (Å²) in [6, 6.07) is 16.4. The van der Waals surface area contributed by atoms with Crippen molar-refractivity contribution in [3.05, 3.63) is 101 Å². The molecular weight excluding hydrogens is 568 g/mol. The third-order valence-corrected chi connectivity index (χ3v) is 7.90. The van der Waals surface area contributed by atoms with E-state index < -0.39 is 12.0 Å². The molecule has 1 atom stereocenters. The molecule has 0 aliphatic carbocycles. The fraction of sp³-hybridized carbons (Fsp3) is 0.207. The Morgan fingerprint density at radius 3 is 2.58 bits per heavy atom. The van der Waals surface area contributed by atoms with E-state index in [2.05, 4.69) is 20.9 Å². The van der Waals surface area contributed by atoms with E-state index in [0.29, 0.717) is 37.7 Å². The summed E-state index contributed by atoms with van der Waals surface area (Å²) in [6.45, 7) is 3.72. The molecule has 0 fully saturated rings. The topological polar surface area (TPSA) is 79.1 Å². The lowest BCUT2D eigenvalue weighted by atomic mass is 9.90. The van der Waals surface area contributed by atoms with Crippen LogP contribution in [0, 0.1) is 0 Å². The Bertz CT molecular complexity index is 1790. The van der Waals surface area contributed by atoms with Gasteiger partial charge in [-0.05, 0) is 55.0 Å². The van der Waals surface area contributed by atoms with Crippen molar-refractivity contribution in [2.75, 3.05) is 20.8 Å². The number of allylic oxidation sites excluding steroid dienone is 1. The molecule has 1 unspecified atom stereocenters. The van der Waals surface area contributed by atoms with Gasteiger partial charge in [0.25, 0.3) is 5.56 Å². The second-order valence-electron chi connectivity index (χ2n) is 8.59. The van der Waals surface area contributed by atoms with E-state index in [9.17, 15) is 9.59 Å². The minimum atomic E-state index is -0.794. The Hall–Kier alpha value is -3.69. The van der Waals surface area contributed by atoms with E-state index in [0.717, 1.165) is 20.8 Å². The second kappa shape index (κ2) is 10.6. The van der Waals surface area contributed by atoms with Gasteiger partial charge < -0.3 is 14.2 Å². The lowest BCUT2D eigenvalue weighted by Crippen LogP contribution is -2.40. The molecule has 194 valence electrons. The molecule has 7 nitrogen and oxygen atoms in total. The first-order valence-electron chi connectivity index (χ1n) is 12.0. The van der Waals surface area contributed by atoms with Gasteiger partial charge in [0.15, 0.2) is 4.80 Å². The third kappa shape index (κ3) is 4.46. The van der Waals surface area contributed by atoms with Gasteiger partial charge in [0, 0.05) is 15.6 Å². The average molecular weight is 593 g/mol. The highest BCUT2D eigenvalue weighted by Gasteiger charge is 2.36. The smallest absolute Gasteiger partial charge is 0.338 e. The zero-order valence-corrected chi connectivity index (χ0v) is 23.7. The van der Waals surface area contributed by atoms with Gasteiger partial charge >= 0.3 is 5.97 Å². The van der Waals surface area contributed by atoms with Crippen LogP contribution in [-0.4, -0.2) is 31.4 Å². The van der Waals surface area contributed by atoms with E-state index in [1.165, 1.54) is 11.3 Å². The number of halogens is 1. The second-order valence-corrected chi connectivity index (χ2v) is 10.5. The standard InChI is InChI=1S/C29H25BrN2O5S/c1-5-37-28(34)24-16(2)31-29-32(26(24)25-20-9-7-6-8-17(20)10-12-22(25)36-4)27(33)23(38-29)15-18-14-19(30)11-13-21(18)35-3/h6-15,26H,5H2,1-4H3/b23-15-. The molecule has 0 spiro atoms. The monoisotopic (exact) mass is 592 g/mol. The maximum absolute atomic E-state index is 14.1. The minimum absolute atomic E-state index is 0.197. The van der Waals surface area contributed by atoms with Gasteiger partial charge in [0.1, 0.15) is 17.5 Å². The summed E-state index contributed by atoms with van der Waals surface area (Å²) in [6.07, 6.45) is 1.79. The first kappa shape index (κ1) is 25.9. The molecule has 1 aromatic heterocycles. The predicted octanol–water partition coefficient (Wildman–Crippen LogP) is 4.73. The van der Waals surface area contributed by atoms with Crippen LogP contribution in [0.15, 0.2) is 80.1 Å². The number of ether oxygens (including phenoxy) is 3. The van der Waals surface area contributed by atoms with E-state index in [-0.39, 0.29) is 12.2 Å². The Labute approximate surface area is 231 Å². The van der Waals surface area contributed by atoms with Gasteiger partial charge in [-0.2, -0.15) is 0 Å². The van der Waals surface area contributed by atoms with Crippen LogP contribution >= 0.6 is 27.3 Å². The van der Waals surface area contributed by atoms with Crippen LogP contribution in [0.1, 0.15) is 31.0 Å². The van der Waals surface area contributed by atoms with E-state index in [4.69, 9.17) is 14.2 Å². The summed E-state index contributed by atoms with van der Waals surface area (Å²) in [5.74, 6) is 0.680. The molecule has 0 bridgehead atoms. The zero-order chi connectivity index (χ0) is 27.0. The average Bonchev–Trinajstić information content (AvgIpc) is 3.21. The summed E-state index contributed by atoms with van der Waals surface area (Å²) in [7, 11) is 3.17. The molecule has 38 heavy (non-hydrogen) atoms. The lowest BCUT2D eigenvalue weighted by molar-refractivity contribution is -0.139. The summed E-state index contributed by atoms with van der Waals surface area (Å²) < 4.78 is 19.6. The Balaban J connectivity index is 1.86. The van der Waals surface area contributed by atoms with Crippen LogP contribution in [0.3, 0.4) is 0 Å². The number of carbonyl (C=O) groups is 1. The van der Waals surface area contributed by atoms with Gasteiger partial charge in [-0.1, -0.05) is 57.6 Å². The molecule has 1 aliphatic rings. The number of aromatic nitrogens is 1. The Morgan fingerprint density at radius 2 is 1.84 bits per heavy atom. The molecule has 0 radical (unpaired) electrons. The highest BCUT2D eigenvalue weighted by molar-refractivity contribution is 9.10. The van der Waals surface area contributed by atoms with Crippen molar-refractivity contribution >= 4 is 50.1 Å². The fourth-order valence-corrected chi connectivity index (χ4v) is 6.18. The first-order valence-corrected chi connectivity index (χ1v) is 13.6. The molecule has 2 heterocycles. The lowest BCUT2D eigenvalue weighted by Gasteiger charge is -2.27. The number of fused-ring (bicyclic) bond motifs is 2. The fourth-order valence-electron chi connectivity index (χ4n) is 4.76. The number of carbonyl (C=O) groups excluding carboxylic acids is 1. The number of benzene rings is 3. The van der Waals surface area contributed by atoms with Crippen LogP contribution in [0.5, 0.6) is 11.5 Å². The highest BCUT2D eigenvalue weighted by atomic mass is 79.9.